The smallest absolute Gasteiger partial charge is 0.338 e. The van der Waals surface area contributed by atoms with Gasteiger partial charge >= 0.3 is 5.97 Å². The number of nitrogens with zero attached hydrogens (tertiary/aromatic N) is 1. The molecule has 2 rings (SSSR count). The standard InChI is InChI=1S/C17H21BrN2O4S2/c1-4-24-17(21)12-5-6-16(14(18)9-12)26(22,23)19-10-15(20(2)3)13-7-8-25-11-13/h5-9,11,15,19H,4,10H2,1-3H3. The lowest BCUT2D eigenvalue weighted by Gasteiger charge is -2.24. The number of likely N-dealkylation sites (N-methyl/N-ethyl adjacent to an activating group) is 1. The average Bonchev–Trinajstić information content (AvgIpc) is 3.08. The number of thiophene rings is 1. The number of carbonyl (C=O) groups excluding carboxylic acids is 1. The number of hydrogen-bond donors (Lipinski definition) is 1. The molecule has 1 aromatic heterocycles. The predicted octanol–water partition coefficient (Wildman–Crippen LogP) is 3.27. The third kappa shape index (κ3) is 5.14. The molecule has 0 fully saturated rings. The first-order chi connectivity index (χ1) is 12.3. The van der Waals surface area contributed by atoms with Crippen molar-refractivity contribution < 1.29 is 17.9 Å². The Morgan fingerprint density at radius 1 is 1.35 bits per heavy atom. The van der Waals surface area contributed by atoms with Gasteiger partial charge in [0.25, 0.3) is 0 Å². The van der Waals surface area contributed by atoms with E-state index in [1.54, 1.807) is 18.3 Å². The largest absolute Gasteiger partial charge is 0.462 e. The molecule has 0 spiro atoms. The van der Waals surface area contributed by atoms with Crippen LogP contribution in [0.5, 0.6) is 0 Å². The summed E-state index contributed by atoms with van der Waals surface area (Å²) in [6.45, 7) is 2.20. The summed E-state index contributed by atoms with van der Waals surface area (Å²) in [6.07, 6.45) is 0. The highest BCUT2D eigenvalue weighted by atomic mass is 79.9. The van der Waals surface area contributed by atoms with Gasteiger partial charge in [-0.1, -0.05) is 0 Å². The van der Waals surface area contributed by atoms with Crippen molar-refractivity contribution in [1.29, 1.82) is 0 Å². The van der Waals surface area contributed by atoms with E-state index in [0.29, 0.717) is 10.0 Å². The monoisotopic (exact) mass is 460 g/mol. The van der Waals surface area contributed by atoms with Crippen molar-refractivity contribution in [2.45, 2.75) is 17.9 Å². The molecule has 1 unspecified atom stereocenters. The van der Waals surface area contributed by atoms with Crippen molar-refractivity contribution in [3.63, 3.8) is 0 Å². The van der Waals surface area contributed by atoms with Crippen LogP contribution in [-0.2, 0) is 14.8 Å². The minimum Gasteiger partial charge on any atom is -0.462 e. The molecule has 0 aliphatic carbocycles. The summed E-state index contributed by atoms with van der Waals surface area (Å²) in [5.74, 6) is -0.491. The zero-order valence-electron chi connectivity index (χ0n) is 14.7. The Morgan fingerprint density at radius 3 is 2.62 bits per heavy atom. The van der Waals surface area contributed by atoms with Crippen molar-refractivity contribution in [2.24, 2.45) is 0 Å². The van der Waals surface area contributed by atoms with Gasteiger partial charge in [-0.05, 0) is 77.5 Å². The average molecular weight is 461 g/mol. The van der Waals surface area contributed by atoms with E-state index in [1.807, 2.05) is 35.8 Å². The number of nitrogens with one attached hydrogen (secondary N) is 1. The number of esters is 1. The van der Waals surface area contributed by atoms with Crippen molar-refractivity contribution in [1.82, 2.24) is 9.62 Å². The van der Waals surface area contributed by atoms with Crippen LogP contribution in [0.25, 0.3) is 0 Å². The highest BCUT2D eigenvalue weighted by Crippen LogP contribution is 2.25. The maximum Gasteiger partial charge on any atom is 0.338 e. The SMILES string of the molecule is CCOC(=O)c1ccc(S(=O)(=O)NCC(c2ccsc2)N(C)C)c(Br)c1. The van der Waals surface area contributed by atoms with Gasteiger partial charge in [-0.3, -0.25) is 0 Å². The van der Waals surface area contributed by atoms with Gasteiger partial charge in [0.15, 0.2) is 0 Å². The van der Waals surface area contributed by atoms with Crippen LogP contribution in [0.1, 0.15) is 28.9 Å². The fourth-order valence-corrected chi connectivity index (χ4v) is 5.21. The van der Waals surface area contributed by atoms with Crippen LogP contribution in [0.2, 0.25) is 0 Å². The first kappa shape index (κ1) is 21.0. The molecule has 2 aromatic rings. The summed E-state index contributed by atoms with van der Waals surface area (Å²) < 4.78 is 33.3. The molecule has 9 heteroatoms. The van der Waals surface area contributed by atoms with E-state index < -0.39 is 16.0 Å². The molecule has 1 heterocycles. The molecule has 0 saturated carbocycles. The highest BCUT2D eigenvalue weighted by Gasteiger charge is 2.22. The Hall–Kier alpha value is -1.26. The Morgan fingerprint density at radius 2 is 2.08 bits per heavy atom. The molecule has 0 bridgehead atoms. The van der Waals surface area contributed by atoms with E-state index in [-0.39, 0.29) is 24.1 Å². The van der Waals surface area contributed by atoms with Crippen LogP contribution in [0.4, 0.5) is 0 Å². The second-order valence-corrected chi connectivity index (χ2v) is 9.12. The van der Waals surface area contributed by atoms with Crippen molar-refractivity contribution in [3.05, 3.63) is 50.6 Å². The fourth-order valence-electron chi connectivity index (χ4n) is 2.39. The number of halogens is 1. The predicted molar refractivity (Wildman–Crippen MR) is 106 cm³/mol. The normalized spacial score (nSPS) is 13.0. The topological polar surface area (TPSA) is 75.7 Å². The lowest BCUT2D eigenvalue weighted by Crippen LogP contribution is -2.34. The molecular weight excluding hydrogens is 440 g/mol. The molecular formula is C17H21BrN2O4S2. The summed E-state index contributed by atoms with van der Waals surface area (Å²) in [5.41, 5.74) is 1.35. The number of hydrogen-bond acceptors (Lipinski definition) is 6. The van der Waals surface area contributed by atoms with Crippen LogP contribution in [-0.4, -0.2) is 46.5 Å². The van der Waals surface area contributed by atoms with E-state index in [2.05, 4.69) is 20.7 Å². The van der Waals surface area contributed by atoms with Crippen LogP contribution in [0.15, 0.2) is 44.4 Å². The van der Waals surface area contributed by atoms with E-state index >= 15 is 0 Å². The minimum atomic E-state index is -3.74. The van der Waals surface area contributed by atoms with Crippen molar-refractivity contribution in [3.8, 4) is 0 Å². The van der Waals surface area contributed by atoms with E-state index in [0.717, 1.165) is 5.56 Å². The van der Waals surface area contributed by atoms with Gasteiger partial charge in [0, 0.05) is 17.1 Å². The Bertz CT molecular complexity index is 852. The summed E-state index contributed by atoms with van der Waals surface area (Å²) in [7, 11) is 0.0693. The Balaban J connectivity index is 2.18. The summed E-state index contributed by atoms with van der Waals surface area (Å²) >= 11 is 4.81. The lowest BCUT2D eigenvalue weighted by molar-refractivity contribution is 0.0526. The van der Waals surface area contributed by atoms with Crippen LogP contribution in [0, 0.1) is 0 Å². The number of benzene rings is 1. The van der Waals surface area contributed by atoms with Gasteiger partial charge in [0.2, 0.25) is 10.0 Å². The molecule has 1 aromatic carbocycles. The van der Waals surface area contributed by atoms with Gasteiger partial charge in [-0.25, -0.2) is 17.9 Å². The molecule has 26 heavy (non-hydrogen) atoms. The molecule has 0 radical (unpaired) electrons. The minimum absolute atomic E-state index is 0.0754. The van der Waals surface area contributed by atoms with Crippen LogP contribution >= 0.6 is 27.3 Å². The van der Waals surface area contributed by atoms with Gasteiger partial charge in [0.1, 0.15) is 0 Å². The van der Waals surface area contributed by atoms with Gasteiger partial charge in [0.05, 0.1) is 17.1 Å². The number of rotatable bonds is 8. The zero-order valence-corrected chi connectivity index (χ0v) is 17.9. The lowest BCUT2D eigenvalue weighted by atomic mass is 10.1. The summed E-state index contributed by atoms with van der Waals surface area (Å²) in [4.78, 5) is 13.8. The number of carbonyl (C=O) groups is 1. The quantitative estimate of drug-likeness (QED) is 0.611. The molecule has 0 saturated heterocycles. The van der Waals surface area contributed by atoms with Crippen LogP contribution in [0.3, 0.4) is 0 Å². The van der Waals surface area contributed by atoms with Gasteiger partial charge in [-0.15, -0.1) is 0 Å². The highest BCUT2D eigenvalue weighted by molar-refractivity contribution is 9.10. The van der Waals surface area contributed by atoms with Crippen molar-refractivity contribution >= 4 is 43.3 Å². The second-order valence-electron chi connectivity index (χ2n) is 5.75. The first-order valence-corrected chi connectivity index (χ1v) is 11.1. The zero-order chi connectivity index (χ0) is 19.3. The third-order valence-electron chi connectivity index (χ3n) is 3.75. The Kier molecular flexibility index (Phi) is 7.36. The van der Waals surface area contributed by atoms with E-state index in [4.69, 9.17) is 4.74 Å². The van der Waals surface area contributed by atoms with Gasteiger partial charge < -0.3 is 9.64 Å². The van der Waals surface area contributed by atoms with Crippen molar-refractivity contribution in [2.75, 3.05) is 27.2 Å². The molecule has 0 aliphatic heterocycles. The van der Waals surface area contributed by atoms with E-state index in [9.17, 15) is 13.2 Å². The fraction of sp³-hybridized carbons (Fsp3) is 0.353. The maximum absolute atomic E-state index is 12.7. The third-order valence-corrected chi connectivity index (χ3v) is 6.85. The Labute approximate surface area is 166 Å². The molecule has 1 atom stereocenters. The summed E-state index contributed by atoms with van der Waals surface area (Å²) in [5, 5.41) is 3.97. The molecule has 142 valence electrons. The molecule has 1 N–H and O–H groups in total. The van der Waals surface area contributed by atoms with Gasteiger partial charge in [-0.2, -0.15) is 11.3 Å². The van der Waals surface area contributed by atoms with Crippen LogP contribution < -0.4 is 4.72 Å². The first-order valence-electron chi connectivity index (χ1n) is 7.91. The number of ether oxygens (including phenoxy) is 1. The summed E-state index contributed by atoms with van der Waals surface area (Å²) in [6, 6.07) is 6.20. The number of sulfonamides is 1. The molecule has 6 nitrogen and oxygen atoms in total. The van der Waals surface area contributed by atoms with E-state index in [1.165, 1.54) is 18.2 Å². The molecule has 0 amide bonds. The second kappa shape index (κ2) is 9.09. The molecule has 0 aliphatic rings. The maximum atomic E-state index is 12.7.